The molecule has 3 aromatic rings. The maximum absolute atomic E-state index is 12.2. The molecule has 6 nitrogen and oxygen atoms in total. The molecule has 0 atom stereocenters. The van der Waals surface area contributed by atoms with Crippen LogP contribution in [0.5, 0.6) is 11.6 Å². The highest BCUT2D eigenvalue weighted by Crippen LogP contribution is 2.39. The van der Waals surface area contributed by atoms with Gasteiger partial charge in [0.15, 0.2) is 5.69 Å². The summed E-state index contributed by atoms with van der Waals surface area (Å²) in [7, 11) is 0. The van der Waals surface area contributed by atoms with Crippen LogP contribution in [-0.2, 0) is 11.3 Å². The van der Waals surface area contributed by atoms with Gasteiger partial charge in [-0.3, -0.25) is 4.79 Å². The number of aryl methyl sites for hydroxylation is 1. The molecule has 0 aliphatic carbocycles. The van der Waals surface area contributed by atoms with E-state index < -0.39 is 0 Å². The number of nitrogens with zero attached hydrogens (tertiary/aromatic N) is 3. The number of hydrogen-bond donors (Lipinski definition) is 1. The van der Waals surface area contributed by atoms with Crippen molar-refractivity contribution < 1.29 is 14.6 Å². The van der Waals surface area contributed by atoms with E-state index in [2.05, 4.69) is 17.2 Å². The first kappa shape index (κ1) is 23.1. The van der Waals surface area contributed by atoms with Crippen molar-refractivity contribution >= 4 is 45.7 Å². The normalized spacial score (nSPS) is 11.5. The fourth-order valence-electron chi connectivity index (χ4n) is 3.27. The number of aromatic hydroxyl groups is 1. The average Bonchev–Trinajstić information content (AvgIpc) is 3.02. The third-order valence-electron chi connectivity index (χ3n) is 4.85. The van der Waals surface area contributed by atoms with Crippen molar-refractivity contribution in [2.75, 3.05) is 6.61 Å². The average molecular weight is 462 g/mol. The van der Waals surface area contributed by atoms with E-state index in [0.29, 0.717) is 41.1 Å². The van der Waals surface area contributed by atoms with Crippen LogP contribution in [0.15, 0.2) is 52.7 Å². The van der Waals surface area contributed by atoms with Gasteiger partial charge < -0.3 is 14.4 Å². The fourth-order valence-corrected chi connectivity index (χ4v) is 3.73. The summed E-state index contributed by atoms with van der Waals surface area (Å²) >= 11 is 11.9. The van der Waals surface area contributed by atoms with Crippen molar-refractivity contribution in [3.8, 4) is 11.6 Å². The fraction of sp³-hybridized carbons (Fsp3) is 0.348. The minimum atomic E-state index is -0.381. The van der Waals surface area contributed by atoms with E-state index in [0.717, 1.165) is 30.2 Å². The topological polar surface area (TPSA) is 76.2 Å². The number of rotatable bonds is 10. The number of carbonyl (C=O) groups excluding carboxylic acids is 1. The third kappa shape index (κ3) is 5.99. The van der Waals surface area contributed by atoms with Crippen molar-refractivity contribution in [1.82, 2.24) is 4.57 Å². The van der Waals surface area contributed by atoms with Gasteiger partial charge in [-0.1, -0.05) is 61.2 Å². The quantitative estimate of drug-likeness (QED) is 0.253. The highest BCUT2D eigenvalue weighted by atomic mass is 35.5. The monoisotopic (exact) mass is 461 g/mol. The Labute approximate surface area is 191 Å². The zero-order valence-electron chi connectivity index (χ0n) is 17.4. The molecule has 31 heavy (non-hydrogen) atoms. The van der Waals surface area contributed by atoms with Gasteiger partial charge >= 0.3 is 0 Å². The molecule has 0 aliphatic heterocycles. The van der Waals surface area contributed by atoms with Gasteiger partial charge in [0.2, 0.25) is 5.88 Å². The van der Waals surface area contributed by atoms with Crippen LogP contribution in [0.3, 0.4) is 0 Å². The number of unbranched alkanes of at least 4 members (excludes halogenated alkanes) is 2. The zero-order valence-corrected chi connectivity index (χ0v) is 18.9. The molecule has 0 aliphatic rings. The molecule has 0 fully saturated rings. The molecule has 1 heterocycles. The van der Waals surface area contributed by atoms with Gasteiger partial charge in [0.05, 0.1) is 17.1 Å². The number of halogens is 2. The number of amides is 1. The molecule has 0 saturated heterocycles. The Kier molecular flexibility index (Phi) is 8.32. The summed E-state index contributed by atoms with van der Waals surface area (Å²) in [5.41, 5.74) is 1.20. The van der Waals surface area contributed by atoms with E-state index in [1.165, 1.54) is 0 Å². The van der Waals surface area contributed by atoms with Crippen LogP contribution in [0.25, 0.3) is 10.9 Å². The van der Waals surface area contributed by atoms with Crippen LogP contribution < -0.4 is 4.74 Å². The van der Waals surface area contributed by atoms with Gasteiger partial charge in [0.1, 0.15) is 5.75 Å². The van der Waals surface area contributed by atoms with Crippen molar-refractivity contribution in [2.45, 2.75) is 45.6 Å². The maximum atomic E-state index is 12.2. The first-order valence-electron chi connectivity index (χ1n) is 10.3. The minimum Gasteiger partial charge on any atom is -0.493 e. The molecule has 0 bridgehead atoms. The molecule has 0 saturated carbocycles. The summed E-state index contributed by atoms with van der Waals surface area (Å²) in [5, 5.41) is 20.3. The molecule has 1 amide bonds. The Morgan fingerprint density at radius 1 is 1.13 bits per heavy atom. The molecule has 3 rings (SSSR count). The van der Waals surface area contributed by atoms with Gasteiger partial charge in [0, 0.05) is 23.4 Å². The number of fused-ring (bicyclic) bond motifs is 1. The number of azo groups is 1. The summed E-state index contributed by atoms with van der Waals surface area (Å²) in [6.45, 7) is 3.13. The Hall–Kier alpha value is -2.57. The third-order valence-corrected chi connectivity index (χ3v) is 5.38. The standard InChI is InChI=1S/C23H25Cl2N3O3/c1-2-3-6-13-28-19-9-5-4-8-17(19)22(23(28)30)27-26-21(29)10-7-14-31-20-12-11-16(24)15-18(20)25/h4-5,8-9,11-12,15,30H,2-3,6-7,10,13-14H2,1H3. The summed E-state index contributed by atoms with van der Waals surface area (Å²) in [6.07, 6.45) is 3.75. The molecule has 0 spiro atoms. The van der Waals surface area contributed by atoms with Crippen LogP contribution in [0, 0.1) is 0 Å². The zero-order chi connectivity index (χ0) is 22.2. The van der Waals surface area contributed by atoms with Crippen LogP contribution >= 0.6 is 23.2 Å². The lowest BCUT2D eigenvalue weighted by molar-refractivity contribution is -0.118. The van der Waals surface area contributed by atoms with Gasteiger partial charge in [-0.05, 0) is 37.1 Å². The maximum Gasteiger partial charge on any atom is 0.264 e. The first-order chi connectivity index (χ1) is 15.0. The van der Waals surface area contributed by atoms with Crippen LogP contribution in [0.4, 0.5) is 5.69 Å². The van der Waals surface area contributed by atoms with Gasteiger partial charge in [-0.25, -0.2) is 0 Å². The Balaban J connectivity index is 1.60. The number of carbonyl (C=O) groups is 1. The molecular weight excluding hydrogens is 437 g/mol. The van der Waals surface area contributed by atoms with E-state index in [1.54, 1.807) is 18.2 Å². The van der Waals surface area contributed by atoms with Crippen molar-refractivity contribution in [3.05, 3.63) is 52.5 Å². The van der Waals surface area contributed by atoms with Gasteiger partial charge in [-0.15, -0.1) is 10.2 Å². The van der Waals surface area contributed by atoms with E-state index in [4.69, 9.17) is 27.9 Å². The predicted octanol–water partition coefficient (Wildman–Crippen LogP) is 7.31. The molecule has 8 heteroatoms. The SMILES string of the molecule is CCCCCn1c(O)c(N=NC(=O)CCCOc2ccc(Cl)cc2Cl)c2ccccc21. The lowest BCUT2D eigenvalue weighted by atomic mass is 10.2. The number of ether oxygens (including phenoxy) is 1. The minimum absolute atomic E-state index is 0.0366. The van der Waals surface area contributed by atoms with Crippen molar-refractivity contribution in [2.24, 2.45) is 10.2 Å². The smallest absolute Gasteiger partial charge is 0.264 e. The number of para-hydroxylation sites is 1. The second-order valence-corrected chi connectivity index (χ2v) is 8.01. The second-order valence-electron chi connectivity index (χ2n) is 7.17. The van der Waals surface area contributed by atoms with E-state index >= 15 is 0 Å². The van der Waals surface area contributed by atoms with Crippen LogP contribution in [-0.4, -0.2) is 22.2 Å². The lowest BCUT2D eigenvalue weighted by Gasteiger charge is -2.07. The highest BCUT2D eigenvalue weighted by Gasteiger charge is 2.16. The molecule has 2 aromatic carbocycles. The second kappa shape index (κ2) is 11.2. The van der Waals surface area contributed by atoms with Crippen LogP contribution in [0.2, 0.25) is 10.0 Å². The Bertz CT molecular complexity index is 1080. The molecule has 1 aromatic heterocycles. The van der Waals surface area contributed by atoms with Gasteiger partial charge in [-0.2, -0.15) is 0 Å². The molecule has 0 radical (unpaired) electrons. The van der Waals surface area contributed by atoms with E-state index in [9.17, 15) is 9.90 Å². The molecular formula is C23H25Cl2N3O3. The number of hydrogen-bond acceptors (Lipinski definition) is 4. The predicted molar refractivity (Wildman–Crippen MR) is 124 cm³/mol. The summed E-state index contributed by atoms with van der Waals surface area (Å²) in [5.74, 6) is 0.170. The summed E-state index contributed by atoms with van der Waals surface area (Å²) < 4.78 is 7.40. The number of benzene rings is 2. The van der Waals surface area contributed by atoms with Gasteiger partial charge in [0.25, 0.3) is 5.91 Å². The van der Waals surface area contributed by atoms with Crippen molar-refractivity contribution in [3.63, 3.8) is 0 Å². The molecule has 1 N–H and O–H groups in total. The largest absolute Gasteiger partial charge is 0.493 e. The first-order valence-corrected chi connectivity index (χ1v) is 11.1. The lowest BCUT2D eigenvalue weighted by Crippen LogP contribution is -2.01. The highest BCUT2D eigenvalue weighted by molar-refractivity contribution is 6.35. The van der Waals surface area contributed by atoms with E-state index in [1.807, 2.05) is 28.8 Å². The Morgan fingerprint density at radius 3 is 2.71 bits per heavy atom. The van der Waals surface area contributed by atoms with Crippen LogP contribution in [0.1, 0.15) is 39.0 Å². The van der Waals surface area contributed by atoms with E-state index in [-0.39, 0.29) is 18.2 Å². The number of aromatic nitrogens is 1. The van der Waals surface area contributed by atoms with Crippen molar-refractivity contribution in [1.29, 1.82) is 0 Å². The summed E-state index contributed by atoms with van der Waals surface area (Å²) in [4.78, 5) is 12.2. The summed E-state index contributed by atoms with van der Waals surface area (Å²) in [6, 6.07) is 12.6. The molecule has 164 valence electrons. The Morgan fingerprint density at radius 2 is 1.94 bits per heavy atom. The molecule has 0 unspecified atom stereocenters.